The van der Waals surface area contributed by atoms with E-state index in [1.807, 2.05) is 6.20 Å². The first-order chi connectivity index (χ1) is 10.0. The van der Waals surface area contributed by atoms with Gasteiger partial charge in [0.25, 0.3) is 0 Å². The molecule has 1 heterocycles. The van der Waals surface area contributed by atoms with Crippen LogP contribution in [0.1, 0.15) is 58.2 Å². The highest BCUT2D eigenvalue weighted by Gasteiger charge is 2.32. The van der Waals surface area contributed by atoms with Crippen LogP contribution in [-0.4, -0.2) is 11.5 Å². The molecule has 0 spiro atoms. The van der Waals surface area contributed by atoms with Gasteiger partial charge in [-0.3, -0.25) is 4.98 Å². The number of rotatable bonds is 5. The number of aromatic nitrogens is 1. The third kappa shape index (κ3) is 4.77. The first-order valence-electron chi connectivity index (χ1n) is 8.05. The molecule has 0 radical (unpaired) electrons. The Hall–Kier alpha value is 0.0700. The molecule has 0 aliphatic heterocycles. The topological polar surface area (TPSA) is 24.9 Å². The van der Waals surface area contributed by atoms with Crippen LogP contribution in [0.5, 0.6) is 0 Å². The summed E-state index contributed by atoms with van der Waals surface area (Å²) in [5, 5.41) is 3.75. The third-order valence-corrected chi connectivity index (χ3v) is 5.50. The molecule has 1 aromatic heterocycles. The van der Waals surface area contributed by atoms with Crippen molar-refractivity contribution in [2.75, 3.05) is 6.54 Å². The summed E-state index contributed by atoms with van der Waals surface area (Å²) in [6, 6.07) is 2.47. The number of nitrogens with one attached hydrogen (secondary N) is 1. The Morgan fingerprint density at radius 2 is 1.90 bits per heavy atom. The van der Waals surface area contributed by atoms with E-state index in [1.54, 1.807) is 0 Å². The Morgan fingerprint density at radius 3 is 2.48 bits per heavy atom. The highest BCUT2D eigenvalue weighted by Crippen LogP contribution is 2.41. The minimum Gasteiger partial charge on any atom is -0.308 e. The molecule has 21 heavy (non-hydrogen) atoms. The molecule has 1 aromatic rings. The van der Waals surface area contributed by atoms with Crippen molar-refractivity contribution in [1.82, 2.24) is 10.3 Å². The van der Waals surface area contributed by atoms with E-state index in [0.29, 0.717) is 12.0 Å². The van der Waals surface area contributed by atoms with E-state index in [1.165, 1.54) is 19.3 Å². The molecule has 0 saturated heterocycles. The van der Waals surface area contributed by atoms with Crippen LogP contribution in [0.3, 0.4) is 0 Å². The Labute approximate surface area is 145 Å². The average molecular weight is 418 g/mol. The van der Waals surface area contributed by atoms with E-state index in [-0.39, 0.29) is 0 Å². The fourth-order valence-corrected chi connectivity index (χ4v) is 4.96. The van der Waals surface area contributed by atoms with Crippen LogP contribution in [0.2, 0.25) is 0 Å². The van der Waals surface area contributed by atoms with Crippen LogP contribution in [0.15, 0.2) is 21.2 Å². The van der Waals surface area contributed by atoms with Crippen molar-refractivity contribution in [3.8, 4) is 0 Å². The van der Waals surface area contributed by atoms with Gasteiger partial charge in [-0.05, 0) is 87.9 Å². The summed E-state index contributed by atoms with van der Waals surface area (Å²) in [5.41, 5.74) is 1.16. The van der Waals surface area contributed by atoms with Crippen LogP contribution >= 0.6 is 31.9 Å². The summed E-state index contributed by atoms with van der Waals surface area (Å²) in [6.45, 7) is 8.06. The lowest BCUT2D eigenvalue weighted by Crippen LogP contribution is -2.34. The highest BCUT2D eigenvalue weighted by atomic mass is 79.9. The molecular weight excluding hydrogens is 392 g/mol. The average Bonchev–Trinajstić information content (AvgIpc) is 2.40. The quantitative estimate of drug-likeness (QED) is 0.662. The fourth-order valence-electron chi connectivity index (χ4n) is 3.72. The Bertz CT molecular complexity index is 454. The summed E-state index contributed by atoms with van der Waals surface area (Å²) in [4.78, 5) is 4.70. The zero-order valence-corrected chi connectivity index (χ0v) is 16.4. The summed E-state index contributed by atoms with van der Waals surface area (Å²) in [5.74, 6) is 2.32. The molecular formula is C17H26Br2N2. The highest BCUT2D eigenvalue weighted by molar-refractivity contribution is 9.11. The van der Waals surface area contributed by atoms with Gasteiger partial charge >= 0.3 is 0 Å². The van der Waals surface area contributed by atoms with Gasteiger partial charge in [0.15, 0.2) is 0 Å². The minimum absolute atomic E-state index is 0.359. The molecule has 4 heteroatoms. The normalized spacial score (nSPS) is 27.6. The van der Waals surface area contributed by atoms with Gasteiger partial charge in [-0.1, -0.05) is 20.8 Å². The second kappa shape index (κ2) is 8.07. The van der Waals surface area contributed by atoms with Crippen molar-refractivity contribution >= 4 is 31.9 Å². The van der Waals surface area contributed by atoms with E-state index in [2.05, 4.69) is 64.0 Å². The van der Waals surface area contributed by atoms with Crippen molar-refractivity contribution in [2.45, 2.75) is 52.5 Å². The van der Waals surface area contributed by atoms with Crippen molar-refractivity contribution in [1.29, 1.82) is 0 Å². The third-order valence-electron chi connectivity index (χ3n) is 4.43. The molecule has 3 atom stereocenters. The number of hydrogen-bond donors (Lipinski definition) is 1. The van der Waals surface area contributed by atoms with Gasteiger partial charge in [-0.15, -0.1) is 0 Å². The molecule has 3 unspecified atom stereocenters. The van der Waals surface area contributed by atoms with E-state index in [9.17, 15) is 0 Å². The van der Waals surface area contributed by atoms with Crippen molar-refractivity contribution < 1.29 is 0 Å². The van der Waals surface area contributed by atoms with Gasteiger partial charge in [-0.2, -0.15) is 0 Å². The molecule has 2 rings (SSSR count). The lowest BCUT2D eigenvalue weighted by atomic mass is 9.73. The number of halogens is 2. The molecule has 1 fully saturated rings. The zero-order valence-electron chi connectivity index (χ0n) is 13.2. The number of nitrogens with zero attached hydrogens (tertiary/aromatic N) is 1. The maximum absolute atomic E-state index is 4.70. The van der Waals surface area contributed by atoms with Gasteiger partial charge in [-0.25, -0.2) is 0 Å². The molecule has 118 valence electrons. The standard InChI is InChI=1S/C17H26Br2N2/c1-4-5-20-16(13-7-11(2)6-12(3)8-13)17-15(19)9-14(18)10-21-17/h9-13,16,20H,4-8H2,1-3H3. The first-order valence-corrected chi connectivity index (χ1v) is 9.64. The number of pyridine rings is 1. The molecule has 2 nitrogen and oxygen atoms in total. The van der Waals surface area contributed by atoms with Crippen LogP contribution in [0.4, 0.5) is 0 Å². The lowest BCUT2D eigenvalue weighted by molar-refractivity contribution is 0.174. The first kappa shape index (κ1) is 17.4. The maximum atomic E-state index is 4.70. The van der Waals surface area contributed by atoms with Crippen LogP contribution < -0.4 is 5.32 Å². The van der Waals surface area contributed by atoms with Gasteiger partial charge in [0.05, 0.1) is 11.7 Å². The minimum atomic E-state index is 0.359. The lowest BCUT2D eigenvalue weighted by Gasteiger charge is -2.37. The summed E-state index contributed by atoms with van der Waals surface area (Å²) in [7, 11) is 0. The predicted molar refractivity (Wildman–Crippen MR) is 96.3 cm³/mol. The molecule has 1 saturated carbocycles. The second-order valence-electron chi connectivity index (χ2n) is 6.63. The number of hydrogen-bond acceptors (Lipinski definition) is 2. The van der Waals surface area contributed by atoms with Gasteiger partial charge < -0.3 is 5.32 Å². The molecule has 1 aliphatic carbocycles. The molecule has 0 bridgehead atoms. The smallest absolute Gasteiger partial charge is 0.0718 e. The van der Waals surface area contributed by atoms with E-state index in [0.717, 1.165) is 39.4 Å². The monoisotopic (exact) mass is 416 g/mol. The summed E-state index contributed by atoms with van der Waals surface area (Å²) < 4.78 is 2.13. The maximum Gasteiger partial charge on any atom is 0.0718 e. The van der Waals surface area contributed by atoms with Gasteiger partial charge in [0.2, 0.25) is 0 Å². The van der Waals surface area contributed by atoms with Crippen molar-refractivity contribution in [3.05, 3.63) is 26.9 Å². The Balaban J connectivity index is 2.24. The van der Waals surface area contributed by atoms with Crippen molar-refractivity contribution in [3.63, 3.8) is 0 Å². The van der Waals surface area contributed by atoms with Crippen LogP contribution in [-0.2, 0) is 0 Å². The summed E-state index contributed by atoms with van der Waals surface area (Å²) >= 11 is 7.20. The SMILES string of the molecule is CCCNC(c1ncc(Br)cc1Br)C1CC(C)CC(C)C1. The van der Waals surface area contributed by atoms with Gasteiger partial charge in [0, 0.05) is 15.1 Å². The van der Waals surface area contributed by atoms with Gasteiger partial charge in [0.1, 0.15) is 0 Å². The van der Waals surface area contributed by atoms with Crippen LogP contribution in [0, 0.1) is 17.8 Å². The Morgan fingerprint density at radius 1 is 1.24 bits per heavy atom. The largest absolute Gasteiger partial charge is 0.308 e. The van der Waals surface area contributed by atoms with E-state index >= 15 is 0 Å². The van der Waals surface area contributed by atoms with E-state index < -0.39 is 0 Å². The zero-order chi connectivity index (χ0) is 15.4. The predicted octanol–water partition coefficient (Wildman–Crippen LogP) is 5.72. The fraction of sp³-hybridized carbons (Fsp3) is 0.706. The second-order valence-corrected chi connectivity index (χ2v) is 8.40. The Kier molecular flexibility index (Phi) is 6.70. The van der Waals surface area contributed by atoms with Crippen molar-refractivity contribution in [2.24, 2.45) is 17.8 Å². The molecule has 1 aliphatic rings. The molecule has 0 amide bonds. The van der Waals surface area contributed by atoms with E-state index in [4.69, 9.17) is 4.98 Å². The van der Waals surface area contributed by atoms with Crippen LogP contribution in [0.25, 0.3) is 0 Å². The molecule has 1 N–H and O–H groups in total. The molecule has 0 aromatic carbocycles. The summed E-state index contributed by atoms with van der Waals surface area (Å²) in [6.07, 6.45) is 7.04.